The molecule has 1 atom stereocenters. The number of hydrogen-bond donors (Lipinski definition) is 1. The van der Waals surface area contributed by atoms with Gasteiger partial charge in [-0.2, -0.15) is 0 Å². The monoisotopic (exact) mass is 545 g/mol. The Hall–Kier alpha value is -3.07. The Kier molecular flexibility index (Phi) is 12.1. The summed E-state index contributed by atoms with van der Waals surface area (Å²) < 4.78 is 31.9. The molecule has 210 valence electrons. The number of benzene rings is 2. The first-order valence-corrected chi connectivity index (χ1v) is 15.1. The Morgan fingerprint density at radius 1 is 1.03 bits per heavy atom. The smallest absolute Gasteiger partial charge is 0.242 e. The molecule has 38 heavy (non-hydrogen) atoms. The van der Waals surface area contributed by atoms with Gasteiger partial charge in [0.1, 0.15) is 11.8 Å². The van der Waals surface area contributed by atoms with Crippen LogP contribution in [0.15, 0.2) is 42.5 Å². The number of carbonyl (C=O) groups excluding carboxylic acids is 2. The van der Waals surface area contributed by atoms with Gasteiger partial charge in [-0.3, -0.25) is 13.9 Å². The Balaban J connectivity index is 2.24. The zero-order valence-electron chi connectivity index (χ0n) is 23.6. The van der Waals surface area contributed by atoms with Crippen molar-refractivity contribution in [3.8, 4) is 5.75 Å². The molecule has 2 amide bonds. The van der Waals surface area contributed by atoms with E-state index in [0.29, 0.717) is 30.8 Å². The van der Waals surface area contributed by atoms with Gasteiger partial charge >= 0.3 is 0 Å². The Labute approximate surface area is 228 Å². The van der Waals surface area contributed by atoms with Gasteiger partial charge in [0.25, 0.3) is 0 Å². The van der Waals surface area contributed by atoms with Gasteiger partial charge in [0.05, 0.1) is 19.1 Å². The first kappa shape index (κ1) is 31.1. The lowest BCUT2D eigenvalue weighted by Gasteiger charge is -2.31. The Bertz CT molecular complexity index is 1160. The minimum Gasteiger partial charge on any atom is -0.497 e. The van der Waals surface area contributed by atoms with E-state index in [1.807, 2.05) is 63.2 Å². The van der Waals surface area contributed by atoms with Gasteiger partial charge in [-0.15, -0.1) is 0 Å². The number of rotatable bonds is 15. The molecule has 0 aliphatic carbocycles. The lowest BCUT2D eigenvalue weighted by atomic mass is 10.1. The second-order valence-corrected chi connectivity index (χ2v) is 11.6. The number of carbonyl (C=O) groups is 2. The summed E-state index contributed by atoms with van der Waals surface area (Å²) in [6.07, 6.45) is 3.90. The summed E-state index contributed by atoms with van der Waals surface area (Å²) in [5.74, 6) is 0.303. The molecule has 0 aliphatic heterocycles. The second-order valence-electron chi connectivity index (χ2n) is 9.73. The topological polar surface area (TPSA) is 96.0 Å². The SMILES string of the molecule is CCCCNC(=O)[C@@H](CC)N(Cc1cccc(OC)c1)C(=O)CCCN(c1cc(C)cc(C)c1)S(C)(=O)=O. The van der Waals surface area contributed by atoms with Gasteiger partial charge in [-0.05, 0) is 74.1 Å². The van der Waals surface area contributed by atoms with Crippen LogP contribution < -0.4 is 14.4 Å². The van der Waals surface area contributed by atoms with E-state index in [9.17, 15) is 18.0 Å². The minimum absolute atomic E-state index is 0.111. The van der Waals surface area contributed by atoms with Crippen LogP contribution >= 0.6 is 0 Å². The number of ether oxygens (including phenoxy) is 1. The predicted molar refractivity (Wildman–Crippen MR) is 153 cm³/mol. The molecule has 0 fully saturated rings. The van der Waals surface area contributed by atoms with Crippen molar-refractivity contribution in [1.29, 1.82) is 0 Å². The number of hydrogen-bond acceptors (Lipinski definition) is 5. The van der Waals surface area contributed by atoms with Crippen LogP contribution in [-0.4, -0.2) is 57.6 Å². The summed E-state index contributed by atoms with van der Waals surface area (Å²) in [6.45, 7) is 8.77. The average molecular weight is 546 g/mol. The third-order valence-corrected chi connectivity index (χ3v) is 7.54. The molecule has 0 unspecified atom stereocenters. The molecule has 0 aliphatic rings. The van der Waals surface area contributed by atoms with Crippen LogP contribution in [-0.2, 0) is 26.2 Å². The van der Waals surface area contributed by atoms with Crippen LogP contribution in [0.25, 0.3) is 0 Å². The number of anilines is 1. The summed E-state index contributed by atoms with van der Waals surface area (Å²) in [7, 11) is -1.96. The third kappa shape index (κ3) is 9.35. The van der Waals surface area contributed by atoms with Gasteiger partial charge in [-0.25, -0.2) is 8.42 Å². The zero-order valence-corrected chi connectivity index (χ0v) is 24.4. The summed E-state index contributed by atoms with van der Waals surface area (Å²) in [5, 5.41) is 2.96. The first-order valence-electron chi connectivity index (χ1n) is 13.3. The minimum atomic E-state index is -3.54. The van der Waals surface area contributed by atoms with Gasteiger partial charge < -0.3 is 15.0 Å². The van der Waals surface area contributed by atoms with Crippen molar-refractivity contribution in [3.05, 3.63) is 59.2 Å². The van der Waals surface area contributed by atoms with Crippen molar-refractivity contribution in [2.75, 3.05) is 30.8 Å². The van der Waals surface area contributed by atoms with Crippen molar-refractivity contribution >= 4 is 27.5 Å². The van der Waals surface area contributed by atoms with Crippen LogP contribution in [0.3, 0.4) is 0 Å². The highest BCUT2D eigenvalue weighted by molar-refractivity contribution is 7.92. The van der Waals surface area contributed by atoms with Crippen molar-refractivity contribution < 1.29 is 22.7 Å². The van der Waals surface area contributed by atoms with E-state index in [-0.39, 0.29) is 31.3 Å². The van der Waals surface area contributed by atoms with Crippen LogP contribution in [0, 0.1) is 13.8 Å². The highest BCUT2D eigenvalue weighted by Gasteiger charge is 2.29. The highest BCUT2D eigenvalue weighted by Crippen LogP contribution is 2.23. The molecule has 0 saturated carbocycles. The quantitative estimate of drug-likeness (QED) is 0.331. The molecule has 8 nitrogen and oxygen atoms in total. The van der Waals surface area contributed by atoms with Crippen LogP contribution in [0.2, 0.25) is 0 Å². The Morgan fingerprint density at radius 2 is 1.71 bits per heavy atom. The van der Waals surface area contributed by atoms with Crippen molar-refractivity contribution in [1.82, 2.24) is 10.2 Å². The van der Waals surface area contributed by atoms with Crippen LogP contribution in [0.4, 0.5) is 5.69 Å². The molecule has 0 heterocycles. The van der Waals surface area contributed by atoms with Crippen LogP contribution in [0.5, 0.6) is 5.75 Å². The zero-order chi connectivity index (χ0) is 28.3. The van der Waals surface area contributed by atoms with Crippen LogP contribution in [0.1, 0.15) is 62.6 Å². The van der Waals surface area contributed by atoms with E-state index >= 15 is 0 Å². The number of unbranched alkanes of at least 4 members (excludes halogenated alkanes) is 1. The lowest BCUT2D eigenvalue weighted by molar-refractivity contribution is -0.141. The molecule has 0 aromatic heterocycles. The molecule has 0 spiro atoms. The molecular weight excluding hydrogens is 502 g/mol. The largest absolute Gasteiger partial charge is 0.497 e. The molecule has 0 radical (unpaired) electrons. The fourth-order valence-corrected chi connectivity index (χ4v) is 5.44. The standard InChI is InChI=1S/C29H43N3O5S/c1-7-9-15-30-29(34)27(8-2)31(21-24-12-10-13-26(20-24)37-5)28(33)14-11-16-32(38(6,35)36)25-18-22(3)17-23(4)19-25/h10,12-13,17-20,27H,7-9,11,14-16,21H2,1-6H3,(H,30,34)/t27-/m1/s1. The summed E-state index contributed by atoms with van der Waals surface area (Å²) in [6, 6.07) is 12.5. The number of amides is 2. The summed E-state index contributed by atoms with van der Waals surface area (Å²) in [5.41, 5.74) is 3.38. The molecule has 0 bridgehead atoms. The van der Waals surface area contributed by atoms with Gasteiger partial charge in [0, 0.05) is 26.1 Å². The molecule has 2 aromatic rings. The molecule has 0 saturated heterocycles. The second kappa shape index (κ2) is 14.8. The first-order chi connectivity index (χ1) is 18.0. The molecule has 2 aromatic carbocycles. The number of methoxy groups -OCH3 is 1. The number of nitrogens with zero attached hydrogens (tertiary/aromatic N) is 2. The fraction of sp³-hybridized carbons (Fsp3) is 0.517. The van der Waals surface area contributed by atoms with Gasteiger partial charge in [0.15, 0.2) is 0 Å². The number of nitrogens with one attached hydrogen (secondary N) is 1. The maximum atomic E-state index is 13.6. The van der Waals surface area contributed by atoms with E-state index in [0.717, 1.165) is 29.5 Å². The van der Waals surface area contributed by atoms with E-state index in [2.05, 4.69) is 12.2 Å². The van der Waals surface area contributed by atoms with E-state index in [1.165, 1.54) is 10.6 Å². The summed E-state index contributed by atoms with van der Waals surface area (Å²) in [4.78, 5) is 28.2. The van der Waals surface area contributed by atoms with Gasteiger partial charge in [0.2, 0.25) is 21.8 Å². The number of aryl methyl sites for hydroxylation is 2. The van der Waals surface area contributed by atoms with E-state index in [4.69, 9.17) is 4.74 Å². The van der Waals surface area contributed by atoms with Crippen molar-refractivity contribution in [2.24, 2.45) is 0 Å². The van der Waals surface area contributed by atoms with E-state index in [1.54, 1.807) is 12.0 Å². The molecule has 1 N–H and O–H groups in total. The summed E-state index contributed by atoms with van der Waals surface area (Å²) >= 11 is 0. The maximum Gasteiger partial charge on any atom is 0.242 e. The van der Waals surface area contributed by atoms with Crippen molar-refractivity contribution in [2.45, 2.75) is 72.4 Å². The Morgan fingerprint density at radius 3 is 2.29 bits per heavy atom. The fourth-order valence-electron chi connectivity index (χ4n) is 4.49. The molecular formula is C29H43N3O5S. The molecule has 2 rings (SSSR count). The maximum absolute atomic E-state index is 13.6. The predicted octanol–water partition coefficient (Wildman–Crippen LogP) is 4.58. The van der Waals surface area contributed by atoms with Crippen molar-refractivity contribution in [3.63, 3.8) is 0 Å². The van der Waals surface area contributed by atoms with E-state index < -0.39 is 16.1 Å². The third-order valence-electron chi connectivity index (χ3n) is 6.35. The number of sulfonamides is 1. The average Bonchev–Trinajstić information content (AvgIpc) is 2.85. The van der Waals surface area contributed by atoms with Gasteiger partial charge in [-0.1, -0.05) is 38.5 Å². The lowest BCUT2D eigenvalue weighted by Crippen LogP contribution is -2.49. The molecule has 9 heteroatoms. The normalized spacial score (nSPS) is 12.1. The highest BCUT2D eigenvalue weighted by atomic mass is 32.2.